The average Bonchev–Trinajstić information content (AvgIpc) is 2.76. The van der Waals surface area contributed by atoms with E-state index in [-0.39, 0.29) is 12.0 Å². The van der Waals surface area contributed by atoms with Gasteiger partial charge in [0.15, 0.2) is 11.5 Å². The number of methoxy groups -OCH3 is 2. The van der Waals surface area contributed by atoms with Crippen molar-refractivity contribution < 1.29 is 19.0 Å². The van der Waals surface area contributed by atoms with Crippen molar-refractivity contribution in [1.29, 1.82) is 0 Å². The van der Waals surface area contributed by atoms with Crippen molar-refractivity contribution in [1.82, 2.24) is 14.9 Å². The number of pyridine rings is 2. The molecule has 2 aromatic heterocycles. The van der Waals surface area contributed by atoms with Gasteiger partial charge in [0.1, 0.15) is 11.4 Å². The lowest BCUT2D eigenvalue weighted by molar-refractivity contribution is 0.0204. The summed E-state index contributed by atoms with van der Waals surface area (Å²) < 4.78 is 16.4. The summed E-state index contributed by atoms with van der Waals surface area (Å²) in [4.78, 5) is 23.4. The summed E-state index contributed by atoms with van der Waals surface area (Å²) in [6.45, 7) is 6.89. The predicted octanol–water partition coefficient (Wildman–Crippen LogP) is 4.50. The standard InChI is InChI=1S/C24H30N4O4/c1-24(2,3)32-23(29)28-8-6-14(7-9-28)18-10-15-16-11-20(30-4)21(31-5)12-19(16)26-13-17(15)22(25)27-18/h10-14H,6-9H2,1-5H3,(H2,25,27). The van der Waals surface area contributed by atoms with E-state index in [1.165, 1.54) is 0 Å². The minimum absolute atomic E-state index is 0.212. The van der Waals surface area contributed by atoms with E-state index < -0.39 is 5.60 Å². The Labute approximate surface area is 187 Å². The lowest BCUT2D eigenvalue weighted by atomic mass is 9.92. The number of benzene rings is 1. The molecule has 0 atom stereocenters. The minimum atomic E-state index is -0.499. The van der Waals surface area contributed by atoms with E-state index in [1.54, 1.807) is 25.3 Å². The zero-order chi connectivity index (χ0) is 23.0. The zero-order valence-corrected chi connectivity index (χ0v) is 19.3. The van der Waals surface area contributed by atoms with Gasteiger partial charge in [-0.1, -0.05) is 0 Å². The van der Waals surface area contributed by atoms with Crippen LogP contribution in [0.5, 0.6) is 11.5 Å². The Morgan fingerprint density at radius 1 is 1.03 bits per heavy atom. The van der Waals surface area contributed by atoms with Crippen LogP contribution in [0.4, 0.5) is 10.6 Å². The van der Waals surface area contributed by atoms with Crippen LogP contribution in [0.25, 0.3) is 21.7 Å². The van der Waals surface area contributed by atoms with E-state index in [2.05, 4.69) is 16.0 Å². The summed E-state index contributed by atoms with van der Waals surface area (Å²) in [6, 6.07) is 5.89. The summed E-state index contributed by atoms with van der Waals surface area (Å²) >= 11 is 0. The number of fused-ring (bicyclic) bond motifs is 3. The van der Waals surface area contributed by atoms with Crippen LogP contribution in [0.15, 0.2) is 24.4 Å². The van der Waals surface area contributed by atoms with Crippen molar-refractivity contribution in [2.24, 2.45) is 0 Å². The molecule has 3 aromatic rings. The first-order chi connectivity index (χ1) is 15.2. The molecular weight excluding hydrogens is 408 g/mol. The third-order valence-corrected chi connectivity index (χ3v) is 5.80. The van der Waals surface area contributed by atoms with Gasteiger partial charge >= 0.3 is 6.09 Å². The number of likely N-dealkylation sites (tertiary alicyclic amines) is 1. The molecule has 170 valence electrons. The number of carbonyl (C=O) groups excluding carboxylic acids is 1. The quantitative estimate of drug-likeness (QED) is 0.601. The SMILES string of the molecule is COc1cc2ncc3c(N)nc(C4CCN(C(=O)OC(C)(C)C)CC4)cc3c2cc1OC. The molecule has 1 aliphatic rings. The van der Waals surface area contributed by atoms with Gasteiger partial charge in [-0.3, -0.25) is 4.98 Å². The van der Waals surface area contributed by atoms with E-state index in [0.717, 1.165) is 40.2 Å². The number of anilines is 1. The Kier molecular flexibility index (Phi) is 5.71. The van der Waals surface area contributed by atoms with Crippen molar-refractivity contribution in [2.75, 3.05) is 33.0 Å². The third-order valence-electron chi connectivity index (χ3n) is 5.80. The maximum atomic E-state index is 12.4. The smallest absolute Gasteiger partial charge is 0.410 e. The summed E-state index contributed by atoms with van der Waals surface area (Å²) in [5, 5.41) is 2.72. The van der Waals surface area contributed by atoms with Crippen LogP contribution in [-0.2, 0) is 4.74 Å². The van der Waals surface area contributed by atoms with Crippen LogP contribution in [0.1, 0.15) is 45.2 Å². The van der Waals surface area contributed by atoms with Crippen LogP contribution >= 0.6 is 0 Å². The fourth-order valence-electron chi connectivity index (χ4n) is 4.17. The Morgan fingerprint density at radius 3 is 2.31 bits per heavy atom. The molecule has 8 heteroatoms. The fraction of sp³-hybridized carbons (Fsp3) is 0.458. The average molecular weight is 439 g/mol. The number of ether oxygens (including phenoxy) is 3. The molecule has 1 aromatic carbocycles. The van der Waals surface area contributed by atoms with E-state index in [1.807, 2.05) is 32.9 Å². The van der Waals surface area contributed by atoms with E-state index in [9.17, 15) is 4.79 Å². The topological polar surface area (TPSA) is 99.8 Å². The Hall–Kier alpha value is -3.29. The van der Waals surface area contributed by atoms with Crippen LogP contribution in [0, 0.1) is 0 Å². The molecule has 0 spiro atoms. The van der Waals surface area contributed by atoms with Gasteiger partial charge in [0, 0.05) is 47.7 Å². The van der Waals surface area contributed by atoms with Gasteiger partial charge in [-0.15, -0.1) is 0 Å². The summed E-state index contributed by atoms with van der Waals surface area (Å²) in [7, 11) is 3.22. The summed E-state index contributed by atoms with van der Waals surface area (Å²) in [6.07, 6.45) is 3.09. The lowest BCUT2D eigenvalue weighted by Gasteiger charge is -2.33. The molecule has 0 unspecified atom stereocenters. The second-order valence-electron chi connectivity index (χ2n) is 9.12. The number of hydrogen-bond acceptors (Lipinski definition) is 7. The first-order valence-corrected chi connectivity index (χ1v) is 10.8. The van der Waals surface area contributed by atoms with Crippen LogP contribution in [-0.4, -0.2) is 53.9 Å². The number of amides is 1. The zero-order valence-electron chi connectivity index (χ0n) is 19.3. The Morgan fingerprint density at radius 2 is 1.69 bits per heavy atom. The van der Waals surface area contributed by atoms with Gasteiger partial charge in [-0.2, -0.15) is 0 Å². The van der Waals surface area contributed by atoms with Gasteiger partial charge in [-0.05, 0) is 51.1 Å². The van der Waals surface area contributed by atoms with E-state index in [0.29, 0.717) is 30.4 Å². The van der Waals surface area contributed by atoms with Crippen molar-refractivity contribution in [3.63, 3.8) is 0 Å². The predicted molar refractivity (Wildman–Crippen MR) is 124 cm³/mol. The summed E-state index contributed by atoms with van der Waals surface area (Å²) in [5.41, 5.74) is 7.57. The molecule has 1 amide bonds. The molecule has 32 heavy (non-hydrogen) atoms. The van der Waals surface area contributed by atoms with E-state index in [4.69, 9.17) is 19.9 Å². The van der Waals surface area contributed by atoms with Crippen LogP contribution in [0.2, 0.25) is 0 Å². The number of carbonyl (C=O) groups is 1. The fourth-order valence-corrected chi connectivity index (χ4v) is 4.17. The maximum absolute atomic E-state index is 12.4. The number of hydrogen-bond donors (Lipinski definition) is 1. The monoisotopic (exact) mass is 438 g/mol. The lowest BCUT2D eigenvalue weighted by Crippen LogP contribution is -2.41. The van der Waals surface area contributed by atoms with E-state index >= 15 is 0 Å². The molecule has 3 heterocycles. The molecule has 0 bridgehead atoms. The number of rotatable bonds is 3. The molecule has 1 fully saturated rings. The first-order valence-electron chi connectivity index (χ1n) is 10.8. The molecule has 4 rings (SSSR count). The first kappa shape index (κ1) is 21.9. The maximum Gasteiger partial charge on any atom is 0.410 e. The third kappa shape index (κ3) is 4.22. The molecule has 1 saturated heterocycles. The molecule has 2 N–H and O–H groups in total. The highest BCUT2D eigenvalue weighted by molar-refractivity contribution is 6.09. The number of nitrogens with zero attached hydrogens (tertiary/aromatic N) is 3. The van der Waals surface area contributed by atoms with Crippen molar-refractivity contribution in [3.8, 4) is 11.5 Å². The van der Waals surface area contributed by atoms with Crippen molar-refractivity contribution in [3.05, 3.63) is 30.1 Å². The largest absolute Gasteiger partial charge is 0.493 e. The van der Waals surface area contributed by atoms with Gasteiger partial charge in [0.05, 0.1) is 19.7 Å². The van der Waals surface area contributed by atoms with Crippen LogP contribution < -0.4 is 15.2 Å². The second-order valence-corrected chi connectivity index (χ2v) is 9.12. The highest BCUT2D eigenvalue weighted by Gasteiger charge is 2.28. The molecular formula is C24H30N4O4. The van der Waals surface area contributed by atoms with Crippen molar-refractivity contribution in [2.45, 2.75) is 45.1 Å². The molecule has 0 radical (unpaired) electrons. The molecule has 0 aliphatic carbocycles. The number of aromatic nitrogens is 2. The molecule has 0 saturated carbocycles. The molecule has 8 nitrogen and oxygen atoms in total. The van der Waals surface area contributed by atoms with Crippen LogP contribution in [0.3, 0.4) is 0 Å². The van der Waals surface area contributed by atoms with Gasteiger partial charge in [0.2, 0.25) is 0 Å². The van der Waals surface area contributed by atoms with Gasteiger partial charge in [-0.25, -0.2) is 9.78 Å². The highest BCUT2D eigenvalue weighted by atomic mass is 16.6. The second kappa shape index (κ2) is 8.33. The Balaban J connectivity index is 1.66. The normalized spacial score (nSPS) is 15.2. The minimum Gasteiger partial charge on any atom is -0.493 e. The van der Waals surface area contributed by atoms with Gasteiger partial charge in [0.25, 0.3) is 0 Å². The number of piperidine rings is 1. The van der Waals surface area contributed by atoms with Gasteiger partial charge < -0.3 is 24.8 Å². The number of nitrogens with two attached hydrogens (primary N) is 1. The highest BCUT2D eigenvalue weighted by Crippen LogP contribution is 2.37. The molecule has 1 aliphatic heterocycles. The number of nitrogen functional groups attached to an aromatic ring is 1. The van der Waals surface area contributed by atoms with Crippen molar-refractivity contribution >= 4 is 33.6 Å². The Bertz CT molecular complexity index is 1160. The summed E-state index contributed by atoms with van der Waals surface area (Å²) in [5.74, 6) is 1.93.